The molecule has 53 heavy (non-hydrogen) atoms. The predicted octanol–water partition coefficient (Wildman–Crippen LogP) is 12.8. The van der Waals surface area contributed by atoms with Crippen LogP contribution >= 0.6 is 0 Å². The van der Waals surface area contributed by atoms with Crippen molar-refractivity contribution in [3.63, 3.8) is 0 Å². The van der Waals surface area contributed by atoms with Crippen LogP contribution in [0, 0.1) is 44.3 Å². The molecule has 3 aliphatic carbocycles. The summed E-state index contributed by atoms with van der Waals surface area (Å²) >= 11 is 0. The van der Waals surface area contributed by atoms with Crippen LogP contribution in [0.2, 0.25) is 0 Å². The zero-order chi connectivity index (χ0) is 36.1. The normalized spacial score (nSPS) is 20.3. The highest BCUT2D eigenvalue weighted by Gasteiger charge is 2.40. The van der Waals surface area contributed by atoms with Crippen LogP contribution in [0.5, 0.6) is 11.5 Å². The van der Waals surface area contributed by atoms with Gasteiger partial charge in [-0.3, -0.25) is 4.57 Å². The number of nitrogens with zero attached hydrogens (tertiary/aromatic N) is 4. The number of pyridine rings is 1. The average molecular weight is 707 g/mol. The van der Waals surface area contributed by atoms with Gasteiger partial charge in [-0.25, -0.2) is 14.1 Å². The number of aryl methyl sites for hydroxylation is 2. The summed E-state index contributed by atoms with van der Waals surface area (Å²) < 4.78 is 25.3. The Hall–Kier alpha value is -4.71. The van der Waals surface area contributed by atoms with Gasteiger partial charge < -0.3 is 4.74 Å². The molecule has 3 aliphatic rings. The lowest BCUT2D eigenvalue weighted by Gasteiger charge is -2.43. The molecule has 2 atom stereocenters. The van der Waals surface area contributed by atoms with Gasteiger partial charge in [-0.1, -0.05) is 81.2 Å². The van der Waals surface area contributed by atoms with Gasteiger partial charge in [0.2, 0.25) is 0 Å². The summed E-state index contributed by atoms with van der Waals surface area (Å²) in [6, 6.07) is 23.6. The molecule has 3 heterocycles. The summed E-state index contributed by atoms with van der Waals surface area (Å²) in [5.74, 6) is 4.40. The molecule has 6 heteroatoms. The van der Waals surface area contributed by atoms with Crippen LogP contribution in [0.25, 0.3) is 33.3 Å². The molecule has 0 N–H and O–H groups in total. The minimum absolute atomic E-state index is 0.317. The topological polar surface area (TPSA) is 44.9 Å². The van der Waals surface area contributed by atoms with Crippen molar-refractivity contribution in [2.45, 2.75) is 104 Å². The Morgan fingerprint density at radius 1 is 0.736 bits per heavy atom. The summed E-state index contributed by atoms with van der Waals surface area (Å²) in [5, 5.41) is 7.47. The minimum Gasteiger partial charge on any atom is -0.457 e. The maximum Gasteiger partial charge on any atom is 0.140 e. The number of hydrogen-bond acceptors (Lipinski definition) is 3. The number of rotatable bonds is 7. The lowest BCUT2D eigenvalue weighted by molar-refractivity contribution is 0.198. The molecular weight excluding hydrogens is 656 g/mol. The van der Waals surface area contributed by atoms with E-state index in [0.29, 0.717) is 29.3 Å². The summed E-state index contributed by atoms with van der Waals surface area (Å²) in [6.45, 7) is 6.68. The number of aromatic nitrogens is 4. The molecule has 0 spiro atoms. The van der Waals surface area contributed by atoms with E-state index in [4.69, 9.17) is 9.84 Å². The molecule has 9 rings (SSSR count). The van der Waals surface area contributed by atoms with E-state index in [-0.39, 0.29) is 5.82 Å². The van der Waals surface area contributed by atoms with Gasteiger partial charge in [-0.05, 0) is 106 Å². The Kier molecular flexibility index (Phi) is 9.17. The molecule has 1 unspecified atom stereocenters. The van der Waals surface area contributed by atoms with E-state index in [2.05, 4.69) is 72.9 Å². The maximum atomic E-state index is 14.4. The molecule has 5 nitrogen and oxygen atoms in total. The summed E-state index contributed by atoms with van der Waals surface area (Å²) in [6.07, 6.45) is 20.5. The number of allylic oxidation sites excluding steroid dienone is 2. The van der Waals surface area contributed by atoms with Crippen molar-refractivity contribution in [1.29, 1.82) is 0 Å². The van der Waals surface area contributed by atoms with Crippen LogP contribution in [-0.2, 0) is 0 Å². The molecule has 6 aromatic rings. The van der Waals surface area contributed by atoms with Gasteiger partial charge in [0.15, 0.2) is 0 Å². The van der Waals surface area contributed by atoms with Gasteiger partial charge in [0.25, 0.3) is 0 Å². The monoisotopic (exact) mass is 706 g/mol. The first-order chi connectivity index (χ1) is 25.9. The fourth-order valence-corrected chi connectivity index (χ4v) is 10.5. The number of benzene rings is 3. The van der Waals surface area contributed by atoms with Gasteiger partial charge in [-0.2, -0.15) is 5.10 Å². The quantitative estimate of drug-likeness (QED) is 0.155. The van der Waals surface area contributed by atoms with E-state index < -0.39 is 0 Å². The van der Waals surface area contributed by atoms with Crippen LogP contribution < -0.4 is 4.74 Å². The first-order valence-corrected chi connectivity index (χ1v) is 20.1. The third-order valence-corrected chi connectivity index (χ3v) is 12.8. The van der Waals surface area contributed by atoms with Gasteiger partial charge in [0.05, 0.1) is 22.4 Å². The first-order valence-electron chi connectivity index (χ1n) is 20.1. The van der Waals surface area contributed by atoms with Crippen LogP contribution in [0.4, 0.5) is 4.39 Å². The molecule has 0 radical (unpaired) electrons. The molecule has 0 amide bonds. The van der Waals surface area contributed by atoms with Crippen LogP contribution in [0.15, 0.2) is 90.6 Å². The van der Waals surface area contributed by atoms with Crippen molar-refractivity contribution in [3.05, 3.63) is 119 Å². The lowest BCUT2D eigenvalue weighted by atomic mass is 9.62. The smallest absolute Gasteiger partial charge is 0.140 e. The SMILES string of the molecule is Cc1cc(Oc2ccc3c4ccccc4n(-c4cc(F)ccn4)c3c2)cc(-n2nc(C)c(C3C(C4CCCCC4)=CCC[C@@H]3C3CCCCC3)c2C)c1. The molecule has 3 aromatic heterocycles. The predicted molar refractivity (Wildman–Crippen MR) is 213 cm³/mol. The highest BCUT2D eigenvalue weighted by molar-refractivity contribution is 6.09. The van der Waals surface area contributed by atoms with E-state index in [0.717, 1.165) is 44.7 Å². The summed E-state index contributed by atoms with van der Waals surface area (Å²) in [5.41, 5.74) is 9.69. The average Bonchev–Trinajstić information content (AvgIpc) is 3.67. The third kappa shape index (κ3) is 6.38. The van der Waals surface area contributed by atoms with E-state index >= 15 is 0 Å². The van der Waals surface area contributed by atoms with E-state index in [1.54, 1.807) is 5.57 Å². The number of ether oxygens (including phenoxy) is 1. The second-order valence-corrected chi connectivity index (χ2v) is 16.1. The number of hydrogen-bond donors (Lipinski definition) is 0. The number of halogens is 1. The van der Waals surface area contributed by atoms with Crippen LogP contribution in [0.3, 0.4) is 0 Å². The second-order valence-electron chi connectivity index (χ2n) is 16.1. The number of fused-ring (bicyclic) bond motifs is 3. The van der Waals surface area contributed by atoms with Gasteiger partial charge in [0.1, 0.15) is 23.1 Å². The van der Waals surface area contributed by atoms with Gasteiger partial charge >= 0.3 is 0 Å². The van der Waals surface area contributed by atoms with Crippen molar-refractivity contribution in [1.82, 2.24) is 19.3 Å². The second kappa shape index (κ2) is 14.3. The van der Waals surface area contributed by atoms with Crippen molar-refractivity contribution >= 4 is 21.8 Å². The maximum absolute atomic E-state index is 14.4. The first kappa shape index (κ1) is 34.1. The summed E-state index contributed by atoms with van der Waals surface area (Å²) in [4.78, 5) is 4.53. The molecule has 3 aromatic carbocycles. The Morgan fingerprint density at radius 3 is 2.32 bits per heavy atom. The van der Waals surface area contributed by atoms with Crippen molar-refractivity contribution in [2.24, 2.45) is 17.8 Å². The summed E-state index contributed by atoms with van der Waals surface area (Å²) in [7, 11) is 0. The lowest BCUT2D eigenvalue weighted by Crippen LogP contribution is -2.31. The minimum atomic E-state index is -0.317. The highest BCUT2D eigenvalue weighted by Crippen LogP contribution is 2.52. The largest absolute Gasteiger partial charge is 0.457 e. The molecule has 2 saturated carbocycles. The van der Waals surface area contributed by atoms with Crippen molar-refractivity contribution in [3.8, 4) is 23.0 Å². The Bertz CT molecular complexity index is 2320. The Labute approximate surface area is 312 Å². The molecular formula is C47H51FN4O. The van der Waals surface area contributed by atoms with Gasteiger partial charge in [0, 0.05) is 52.3 Å². The standard InChI is InChI=1S/C47H51FN4O/c1-30-25-36(28-38(26-30)53-37-21-22-42-41-17-10-11-20-43(41)51(44(42)29-37)45-27-35(48)23-24-49-45)52-32(3)46(31(2)50-52)47-39(33-13-6-4-7-14-33)18-12-19-40(47)34-15-8-5-9-16-34/h10-11,17-18,20-29,33-34,40,47H,4-9,12-16,19H2,1-3H3/t40-,47?/m1/s1. The van der Waals surface area contributed by atoms with E-state index in [9.17, 15) is 4.39 Å². The molecule has 0 aliphatic heterocycles. The fourth-order valence-electron chi connectivity index (χ4n) is 10.5. The Balaban J connectivity index is 1.09. The molecule has 0 saturated heterocycles. The van der Waals surface area contributed by atoms with Crippen molar-refractivity contribution < 1.29 is 9.13 Å². The van der Waals surface area contributed by atoms with Gasteiger partial charge in [-0.15, -0.1) is 0 Å². The molecule has 0 bridgehead atoms. The van der Waals surface area contributed by atoms with E-state index in [1.807, 2.05) is 28.8 Å². The number of para-hydroxylation sites is 1. The fraction of sp³-hybridized carbons (Fsp3) is 0.404. The zero-order valence-electron chi connectivity index (χ0n) is 31.5. The third-order valence-electron chi connectivity index (χ3n) is 12.8. The van der Waals surface area contributed by atoms with Crippen LogP contribution in [-0.4, -0.2) is 19.3 Å². The zero-order valence-corrected chi connectivity index (χ0v) is 31.5. The van der Waals surface area contributed by atoms with Crippen LogP contribution in [0.1, 0.15) is 105 Å². The Morgan fingerprint density at radius 2 is 1.51 bits per heavy atom. The molecule has 272 valence electrons. The molecule has 2 fully saturated rings. The highest BCUT2D eigenvalue weighted by atomic mass is 19.1. The van der Waals surface area contributed by atoms with Crippen molar-refractivity contribution in [2.75, 3.05) is 0 Å². The van der Waals surface area contributed by atoms with E-state index in [1.165, 1.54) is 112 Å².